The molecule has 3 heteroatoms. The fraction of sp³-hybridized carbons (Fsp3) is 1.00. The smallest absolute Gasteiger partial charge is 0.0483 e. The van der Waals surface area contributed by atoms with Gasteiger partial charge in [-0.1, -0.05) is 19.8 Å². The molecule has 14 heavy (non-hydrogen) atoms. The zero-order chi connectivity index (χ0) is 12.0. The van der Waals surface area contributed by atoms with E-state index >= 15 is 0 Å². The molecule has 0 unspecified atom stereocenters. The lowest BCUT2D eigenvalue weighted by Crippen LogP contribution is -1.96. The molecule has 4 N–H and O–H groups in total. The second-order valence-electron chi connectivity index (χ2n) is 3.68. The van der Waals surface area contributed by atoms with Crippen molar-refractivity contribution in [3.8, 4) is 0 Å². The molecule has 0 aliphatic rings. The van der Waals surface area contributed by atoms with Crippen molar-refractivity contribution in [1.29, 1.82) is 0 Å². The van der Waals surface area contributed by atoms with Gasteiger partial charge in [0.25, 0.3) is 0 Å². The first-order chi connectivity index (χ1) is 6.38. The Balaban J connectivity index is -0.000000135. The molecule has 0 saturated carbocycles. The second-order valence-corrected chi connectivity index (χ2v) is 3.68. The molecule has 0 aromatic heterocycles. The molecule has 0 heterocycles. The normalized spacial score (nSPS) is 9.00. The van der Waals surface area contributed by atoms with Crippen LogP contribution in [0.25, 0.3) is 0 Å². The minimum Gasteiger partial charge on any atom is -0.394 e. The van der Waals surface area contributed by atoms with Crippen LogP contribution in [0, 0.1) is 0 Å². The lowest BCUT2D eigenvalue weighted by Gasteiger charge is -1.86. The number of aliphatic hydroxyl groups is 2. The Bertz CT molecular complexity index is 60.2. The molecular formula is C11H29NO2. The fourth-order valence-electron chi connectivity index (χ4n) is 0.394. The van der Waals surface area contributed by atoms with Crippen LogP contribution < -0.4 is 5.73 Å². The second kappa shape index (κ2) is 18.6. The average molecular weight is 207 g/mol. The van der Waals surface area contributed by atoms with Crippen molar-refractivity contribution in [1.82, 2.24) is 0 Å². The Kier molecular flexibility index (Phi) is 25.9. The highest BCUT2D eigenvalue weighted by molar-refractivity contribution is 4.35. The highest BCUT2D eigenvalue weighted by atomic mass is 16.3. The lowest BCUT2D eigenvalue weighted by atomic mass is 10.3. The summed E-state index contributed by atoms with van der Waals surface area (Å²) in [6.07, 6.45) is 3.42. The van der Waals surface area contributed by atoms with Crippen molar-refractivity contribution < 1.29 is 10.2 Å². The van der Waals surface area contributed by atoms with Crippen LogP contribution in [0.4, 0.5) is 0 Å². The number of nitrogens with two attached hydrogens (primary N) is 1. The van der Waals surface area contributed by atoms with Crippen molar-refractivity contribution in [3.63, 3.8) is 0 Å². The number of rotatable bonds is 3. The summed E-state index contributed by atoms with van der Waals surface area (Å²) in [7, 11) is 0. The summed E-state index contributed by atoms with van der Waals surface area (Å²) in [5.41, 5.74) is 5.21. The predicted octanol–water partition coefficient (Wildman–Crippen LogP) is 1.91. The number of unbranched alkanes of at least 4 members (excludes halogenated alkanes) is 2. The summed E-state index contributed by atoms with van der Waals surface area (Å²) in [5.74, 6) is 0. The van der Waals surface area contributed by atoms with Gasteiger partial charge in [-0.3, -0.25) is 0 Å². The van der Waals surface area contributed by atoms with Crippen LogP contribution >= 0.6 is 0 Å². The van der Waals surface area contributed by atoms with Crippen LogP contribution in [0.2, 0.25) is 0 Å². The Morgan fingerprint density at radius 1 is 0.929 bits per heavy atom. The Labute approximate surface area is 89.3 Å². The number of hydrogen-bond acceptors (Lipinski definition) is 3. The van der Waals surface area contributed by atoms with Gasteiger partial charge in [0.15, 0.2) is 0 Å². The Morgan fingerprint density at radius 2 is 1.21 bits per heavy atom. The van der Waals surface area contributed by atoms with E-state index in [1.165, 1.54) is 19.3 Å². The van der Waals surface area contributed by atoms with E-state index in [1.54, 1.807) is 27.7 Å². The lowest BCUT2D eigenvalue weighted by molar-refractivity contribution is 0.215. The molecule has 0 aromatic carbocycles. The van der Waals surface area contributed by atoms with E-state index in [1.807, 2.05) is 0 Å². The summed E-state index contributed by atoms with van der Waals surface area (Å²) in [6.45, 7) is 9.92. The minimum absolute atomic E-state index is 0.167. The van der Waals surface area contributed by atoms with E-state index in [-0.39, 0.29) is 12.2 Å². The van der Waals surface area contributed by atoms with Gasteiger partial charge in [0.1, 0.15) is 0 Å². The largest absolute Gasteiger partial charge is 0.394 e. The van der Waals surface area contributed by atoms with Gasteiger partial charge >= 0.3 is 0 Å². The monoisotopic (exact) mass is 207 g/mol. The van der Waals surface area contributed by atoms with Crippen LogP contribution in [0.15, 0.2) is 0 Å². The molecule has 90 valence electrons. The highest BCUT2D eigenvalue weighted by Crippen LogP contribution is 1.88. The van der Waals surface area contributed by atoms with Gasteiger partial charge in [0, 0.05) is 12.2 Å². The van der Waals surface area contributed by atoms with Crippen LogP contribution in [-0.2, 0) is 0 Å². The molecule has 3 nitrogen and oxygen atoms in total. The molecule has 0 saturated heterocycles. The van der Waals surface area contributed by atoms with Crippen LogP contribution in [0.3, 0.4) is 0 Å². The summed E-state index contributed by atoms with van der Waals surface area (Å²) in [6, 6.07) is 0. The molecule has 0 fully saturated rings. The van der Waals surface area contributed by atoms with Gasteiger partial charge in [0.2, 0.25) is 0 Å². The summed E-state index contributed by atoms with van der Waals surface area (Å²) in [5, 5.41) is 16.1. The van der Waals surface area contributed by atoms with E-state index in [0.29, 0.717) is 0 Å². The van der Waals surface area contributed by atoms with Crippen LogP contribution in [-0.4, -0.2) is 29.0 Å². The van der Waals surface area contributed by atoms with E-state index < -0.39 is 0 Å². The zero-order valence-electron chi connectivity index (χ0n) is 10.5. The maximum absolute atomic E-state index is 8.06. The first kappa shape index (κ1) is 19.5. The van der Waals surface area contributed by atoms with Crippen LogP contribution in [0.5, 0.6) is 0 Å². The van der Waals surface area contributed by atoms with Crippen molar-refractivity contribution >= 4 is 0 Å². The Morgan fingerprint density at radius 3 is 1.29 bits per heavy atom. The topological polar surface area (TPSA) is 66.5 Å². The van der Waals surface area contributed by atoms with Crippen molar-refractivity contribution in [2.75, 3.05) is 6.54 Å². The molecule has 0 aliphatic carbocycles. The van der Waals surface area contributed by atoms with Crippen molar-refractivity contribution in [2.45, 2.75) is 66.1 Å². The van der Waals surface area contributed by atoms with Gasteiger partial charge < -0.3 is 15.9 Å². The molecule has 0 bridgehead atoms. The van der Waals surface area contributed by atoms with Gasteiger partial charge in [-0.15, -0.1) is 0 Å². The first-order valence-electron chi connectivity index (χ1n) is 5.44. The molecule has 0 aliphatic heterocycles. The van der Waals surface area contributed by atoms with Gasteiger partial charge in [-0.2, -0.15) is 0 Å². The predicted molar refractivity (Wildman–Crippen MR) is 63.3 cm³/mol. The van der Waals surface area contributed by atoms with Crippen LogP contribution in [0.1, 0.15) is 53.9 Å². The van der Waals surface area contributed by atoms with Crippen molar-refractivity contribution in [3.05, 3.63) is 0 Å². The quantitative estimate of drug-likeness (QED) is 0.619. The molecule has 0 rings (SSSR count). The van der Waals surface area contributed by atoms with E-state index in [0.717, 1.165) is 6.54 Å². The maximum atomic E-state index is 8.06. The number of aliphatic hydroxyl groups excluding tert-OH is 2. The number of hydrogen-bond donors (Lipinski definition) is 3. The highest BCUT2D eigenvalue weighted by Gasteiger charge is 1.75. The first-order valence-corrected chi connectivity index (χ1v) is 5.44. The van der Waals surface area contributed by atoms with E-state index in [2.05, 4.69) is 6.92 Å². The standard InChI is InChI=1S/C5H13N.2C3H8O/c1-2-3-4-5-6;2*1-3(2)4/h2-6H2,1H3;2*3-4H,1-2H3. The molecule has 0 spiro atoms. The SMILES string of the molecule is CC(C)O.CC(C)O.CCCCCN. The molecule has 0 amide bonds. The molecular weight excluding hydrogens is 178 g/mol. The third-order valence-electron chi connectivity index (χ3n) is 0.808. The molecule has 0 atom stereocenters. The van der Waals surface area contributed by atoms with E-state index in [9.17, 15) is 0 Å². The van der Waals surface area contributed by atoms with E-state index in [4.69, 9.17) is 15.9 Å². The van der Waals surface area contributed by atoms with Crippen molar-refractivity contribution in [2.24, 2.45) is 5.73 Å². The summed E-state index contributed by atoms with van der Waals surface area (Å²) < 4.78 is 0. The van der Waals surface area contributed by atoms with Gasteiger partial charge in [-0.25, -0.2) is 0 Å². The third-order valence-corrected chi connectivity index (χ3v) is 0.808. The van der Waals surface area contributed by atoms with Gasteiger partial charge in [-0.05, 0) is 40.7 Å². The molecule has 0 radical (unpaired) electrons. The Hall–Kier alpha value is -0.120. The summed E-state index contributed by atoms with van der Waals surface area (Å²) in [4.78, 5) is 0. The zero-order valence-corrected chi connectivity index (χ0v) is 10.5. The van der Waals surface area contributed by atoms with Gasteiger partial charge in [0.05, 0.1) is 0 Å². The minimum atomic E-state index is -0.167. The molecule has 0 aromatic rings. The average Bonchev–Trinajstić information content (AvgIpc) is 1.98. The third kappa shape index (κ3) is 170. The maximum Gasteiger partial charge on any atom is 0.0483 e. The fourth-order valence-corrected chi connectivity index (χ4v) is 0.394. The summed E-state index contributed by atoms with van der Waals surface area (Å²) >= 11 is 0.